The summed E-state index contributed by atoms with van der Waals surface area (Å²) in [7, 11) is 0. The molecule has 1 aromatic carbocycles. The zero-order valence-electron chi connectivity index (χ0n) is 7.03. The van der Waals surface area contributed by atoms with Crippen LogP contribution < -0.4 is 5.73 Å². The number of nitrogens with zero attached hydrogens (tertiary/aromatic N) is 2. The lowest BCUT2D eigenvalue weighted by molar-refractivity contribution is -0.384. The number of hydrogen-bond donors (Lipinski definition) is 1. The summed E-state index contributed by atoms with van der Waals surface area (Å²) in [5, 5.41) is 19.1. The van der Waals surface area contributed by atoms with Crippen LogP contribution in [0.25, 0.3) is 0 Å². The highest BCUT2D eigenvalue weighted by atomic mass is 35.5. The Balaban J connectivity index is 3.44. The van der Waals surface area contributed by atoms with E-state index in [1.54, 1.807) is 6.07 Å². The smallest absolute Gasteiger partial charge is 0.289 e. The molecule has 0 aliphatic carbocycles. The van der Waals surface area contributed by atoms with Crippen LogP contribution in [0.2, 0.25) is 5.02 Å². The molecule has 0 spiro atoms. The second-order valence-electron chi connectivity index (χ2n) is 2.54. The summed E-state index contributed by atoms with van der Waals surface area (Å²) in [4.78, 5) is 9.89. The van der Waals surface area contributed by atoms with Gasteiger partial charge in [0.2, 0.25) is 0 Å². The molecule has 72 valence electrons. The van der Waals surface area contributed by atoms with Crippen molar-refractivity contribution in [3.05, 3.63) is 38.4 Å². The Morgan fingerprint density at radius 1 is 1.64 bits per heavy atom. The first-order valence-corrected chi connectivity index (χ1v) is 4.05. The molecule has 0 heterocycles. The molecule has 5 nitrogen and oxygen atoms in total. The molecule has 0 fully saturated rings. The van der Waals surface area contributed by atoms with E-state index >= 15 is 0 Å². The number of nitro groups is 1. The minimum absolute atomic E-state index is 0.00324. The Hall–Kier alpha value is -1.64. The summed E-state index contributed by atoms with van der Waals surface area (Å²) in [6, 6.07) is 4.37. The second kappa shape index (κ2) is 4.05. The third-order valence-corrected chi connectivity index (χ3v) is 2.11. The molecule has 0 unspecified atom stereocenters. The fraction of sp³-hybridized carbons (Fsp3) is 0.125. The Morgan fingerprint density at radius 2 is 2.29 bits per heavy atom. The largest absolute Gasteiger partial charge is 0.326 e. The monoisotopic (exact) mass is 211 g/mol. The fourth-order valence-electron chi connectivity index (χ4n) is 1.01. The minimum Gasteiger partial charge on any atom is -0.326 e. The van der Waals surface area contributed by atoms with Crippen LogP contribution in [0.1, 0.15) is 11.1 Å². The predicted octanol–water partition coefficient (Wildman–Crippen LogP) is 1.58. The topological polar surface area (TPSA) is 93.0 Å². The number of halogens is 1. The summed E-state index contributed by atoms with van der Waals surface area (Å²) in [5.74, 6) is 0. The average molecular weight is 212 g/mol. The Kier molecular flexibility index (Phi) is 3.02. The van der Waals surface area contributed by atoms with Crippen LogP contribution in [-0.4, -0.2) is 4.92 Å². The SMILES string of the molecule is N#Cc1cc(CN)c(Cl)c([N+](=O)[O-])c1. The lowest BCUT2D eigenvalue weighted by atomic mass is 10.1. The summed E-state index contributed by atoms with van der Waals surface area (Å²) >= 11 is 5.70. The van der Waals surface area contributed by atoms with Crippen molar-refractivity contribution in [1.29, 1.82) is 5.26 Å². The van der Waals surface area contributed by atoms with Gasteiger partial charge in [0.25, 0.3) is 5.69 Å². The van der Waals surface area contributed by atoms with Crippen LogP contribution in [0, 0.1) is 21.4 Å². The molecule has 1 rings (SSSR count). The molecular weight excluding hydrogens is 206 g/mol. The van der Waals surface area contributed by atoms with Crippen molar-refractivity contribution in [1.82, 2.24) is 0 Å². The lowest BCUT2D eigenvalue weighted by Crippen LogP contribution is -2.00. The van der Waals surface area contributed by atoms with Crippen molar-refractivity contribution in [3.63, 3.8) is 0 Å². The van der Waals surface area contributed by atoms with E-state index in [1.807, 2.05) is 0 Å². The van der Waals surface area contributed by atoms with Gasteiger partial charge in [-0.25, -0.2) is 0 Å². The minimum atomic E-state index is -0.637. The van der Waals surface area contributed by atoms with Crippen molar-refractivity contribution in [2.45, 2.75) is 6.54 Å². The van der Waals surface area contributed by atoms with Crippen LogP contribution in [0.4, 0.5) is 5.69 Å². The molecule has 0 bridgehead atoms. The van der Waals surface area contributed by atoms with E-state index in [1.165, 1.54) is 6.07 Å². The van der Waals surface area contributed by atoms with E-state index in [9.17, 15) is 10.1 Å². The van der Waals surface area contributed by atoms with Gasteiger partial charge in [-0.15, -0.1) is 0 Å². The van der Waals surface area contributed by atoms with Crippen LogP contribution in [0.15, 0.2) is 12.1 Å². The fourth-order valence-corrected chi connectivity index (χ4v) is 1.27. The third-order valence-electron chi connectivity index (χ3n) is 1.67. The highest BCUT2D eigenvalue weighted by Gasteiger charge is 2.16. The Bertz CT molecular complexity index is 425. The molecule has 0 aliphatic rings. The summed E-state index contributed by atoms with van der Waals surface area (Å²) < 4.78 is 0. The van der Waals surface area contributed by atoms with Gasteiger partial charge in [0.1, 0.15) is 5.02 Å². The third kappa shape index (κ3) is 1.82. The molecular formula is C8H6ClN3O2. The van der Waals surface area contributed by atoms with E-state index in [0.29, 0.717) is 5.56 Å². The molecule has 0 radical (unpaired) electrons. The van der Waals surface area contributed by atoms with E-state index < -0.39 is 4.92 Å². The van der Waals surface area contributed by atoms with E-state index in [0.717, 1.165) is 6.07 Å². The second-order valence-corrected chi connectivity index (χ2v) is 2.92. The first-order valence-electron chi connectivity index (χ1n) is 3.67. The van der Waals surface area contributed by atoms with Crippen LogP contribution in [0.3, 0.4) is 0 Å². The van der Waals surface area contributed by atoms with Crippen molar-refractivity contribution < 1.29 is 4.92 Å². The van der Waals surface area contributed by atoms with Crippen LogP contribution >= 0.6 is 11.6 Å². The number of nitriles is 1. The van der Waals surface area contributed by atoms with Gasteiger partial charge < -0.3 is 5.73 Å². The summed E-state index contributed by atoms with van der Waals surface area (Å²) in [6.45, 7) is 0.0647. The summed E-state index contributed by atoms with van der Waals surface area (Å²) in [6.07, 6.45) is 0. The highest BCUT2D eigenvalue weighted by molar-refractivity contribution is 6.33. The van der Waals surface area contributed by atoms with Gasteiger partial charge in [0, 0.05) is 12.6 Å². The van der Waals surface area contributed by atoms with Crippen molar-refractivity contribution in [2.75, 3.05) is 0 Å². The molecule has 0 aliphatic heterocycles. The number of nitrogens with two attached hydrogens (primary N) is 1. The number of nitro benzene ring substituents is 1. The first-order chi connectivity index (χ1) is 6.60. The maximum absolute atomic E-state index is 10.5. The molecule has 14 heavy (non-hydrogen) atoms. The van der Waals surface area contributed by atoms with Gasteiger partial charge in [-0.05, 0) is 11.6 Å². The maximum atomic E-state index is 10.5. The van der Waals surface area contributed by atoms with E-state index in [4.69, 9.17) is 22.6 Å². The summed E-state index contributed by atoms with van der Waals surface area (Å²) in [5.41, 5.74) is 5.62. The zero-order chi connectivity index (χ0) is 10.7. The average Bonchev–Trinajstić information content (AvgIpc) is 2.17. The predicted molar refractivity (Wildman–Crippen MR) is 50.7 cm³/mol. The van der Waals surface area contributed by atoms with Crippen molar-refractivity contribution >= 4 is 17.3 Å². The van der Waals surface area contributed by atoms with Gasteiger partial charge in [0.05, 0.1) is 16.6 Å². The molecule has 2 N–H and O–H groups in total. The highest BCUT2D eigenvalue weighted by Crippen LogP contribution is 2.29. The standard InChI is InChI=1S/C8H6ClN3O2/c9-8-6(4-11)1-5(3-10)2-7(8)12(13)14/h1-2H,4,11H2. The van der Waals surface area contributed by atoms with E-state index in [2.05, 4.69) is 0 Å². The first kappa shape index (κ1) is 10.4. The molecule has 1 aromatic rings. The van der Waals surface area contributed by atoms with Crippen molar-refractivity contribution in [2.24, 2.45) is 5.73 Å². The molecule has 0 saturated heterocycles. The molecule has 6 heteroatoms. The molecule has 0 aromatic heterocycles. The zero-order valence-corrected chi connectivity index (χ0v) is 7.78. The van der Waals surface area contributed by atoms with Gasteiger partial charge >= 0.3 is 0 Å². The van der Waals surface area contributed by atoms with Crippen LogP contribution in [-0.2, 0) is 6.54 Å². The van der Waals surface area contributed by atoms with Crippen molar-refractivity contribution in [3.8, 4) is 6.07 Å². The molecule has 0 saturated carbocycles. The van der Waals surface area contributed by atoms with E-state index in [-0.39, 0.29) is 22.8 Å². The Morgan fingerprint density at radius 3 is 2.71 bits per heavy atom. The van der Waals surface area contributed by atoms with Gasteiger partial charge in [-0.1, -0.05) is 11.6 Å². The normalized spacial score (nSPS) is 9.50. The molecule has 0 atom stereocenters. The number of hydrogen-bond acceptors (Lipinski definition) is 4. The quantitative estimate of drug-likeness (QED) is 0.594. The number of benzene rings is 1. The lowest BCUT2D eigenvalue weighted by Gasteiger charge is -2.02. The Labute approximate surface area is 84.8 Å². The van der Waals surface area contributed by atoms with Gasteiger partial charge in [-0.2, -0.15) is 5.26 Å². The molecule has 0 amide bonds. The van der Waals surface area contributed by atoms with Gasteiger partial charge in [0.15, 0.2) is 0 Å². The maximum Gasteiger partial charge on any atom is 0.289 e. The number of rotatable bonds is 2. The van der Waals surface area contributed by atoms with Gasteiger partial charge in [-0.3, -0.25) is 10.1 Å². The van der Waals surface area contributed by atoms with Crippen LogP contribution in [0.5, 0.6) is 0 Å².